The zero-order valence-corrected chi connectivity index (χ0v) is 14.3. The molecule has 8 heteroatoms. The van der Waals surface area contributed by atoms with Crippen LogP contribution in [0.15, 0.2) is 4.99 Å². The van der Waals surface area contributed by atoms with Crippen LogP contribution in [0.1, 0.15) is 35.1 Å². The van der Waals surface area contributed by atoms with Gasteiger partial charge in [0, 0.05) is 28.2 Å². The van der Waals surface area contributed by atoms with Crippen molar-refractivity contribution in [1.29, 1.82) is 0 Å². The second-order valence-corrected chi connectivity index (χ2v) is 6.36. The molecule has 0 fully saturated rings. The van der Waals surface area contributed by atoms with Gasteiger partial charge in [-0.3, -0.25) is 20.0 Å². The molecule has 0 aromatic rings. The zero-order chi connectivity index (χ0) is 17.0. The van der Waals surface area contributed by atoms with Crippen molar-refractivity contribution in [3.8, 4) is 0 Å². The Morgan fingerprint density at radius 2 is 1.77 bits per heavy atom. The smallest absolute Gasteiger partial charge is 0.269 e. The number of rotatable bonds is 3. The van der Waals surface area contributed by atoms with Crippen molar-refractivity contribution in [3.63, 3.8) is 0 Å². The fourth-order valence-corrected chi connectivity index (χ4v) is 1.22. The first kappa shape index (κ1) is 22.8. The average molecular weight is 316 g/mol. The monoisotopic (exact) mass is 316 g/mol. The molecule has 0 saturated carbocycles. The molecule has 0 aromatic heterocycles. The molecule has 0 saturated heterocycles. The van der Waals surface area contributed by atoms with E-state index in [9.17, 15) is 9.59 Å². The molecule has 0 spiro atoms. The average Bonchev–Trinajstić information content (AvgIpc) is 2.52. The Balaban J connectivity index is 0. The molecular weight excluding hydrogens is 284 g/mol. The van der Waals surface area contributed by atoms with E-state index in [1.54, 1.807) is 58.1 Å². The highest BCUT2D eigenvalue weighted by Crippen LogP contribution is 2.18. The van der Waals surface area contributed by atoms with Crippen LogP contribution in [-0.4, -0.2) is 72.4 Å². The van der Waals surface area contributed by atoms with Crippen molar-refractivity contribution in [2.45, 2.75) is 46.2 Å². The second kappa shape index (κ2) is 8.21. The Kier molecular flexibility index (Phi) is 8.50. The van der Waals surface area contributed by atoms with Gasteiger partial charge in [-0.15, -0.1) is 0 Å². The van der Waals surface area contributed by atoms with Crippen LogP contribution in [0.5, 0.6) is 0 Å². The van der Waals surface area contributed by atoms with E-state index >= 15 is 0 Å². The van der Waals surface area contributed by atoms with Crippen molar-refractivity contribution in [1.82, 2.24) is 20.5 Å². The Hall–Kier alpha value is -1.51. The molecule has 130 valence electrons. The Morgan fingerprint density at radius 1 is 1.32 bits per heavy atom. The predicted octanol–water partition coefficient (Wildman–Crippen LogP) is 0.0647. The van der Waals surface area contributed by atoms with Crippen LogP contribution in [0.25, 0.3) is 0 Å². The van der Waals surface area contributed by atoms with E-state index in [1.165, 1.54) is 5.01 Å². The van der Waals surface area contributed by atoms with E-state index < -0.39 is 11.1 Å². The van der Waals surface area contributed by atoms with Gasteiger partial charge in [0.15, 0.2) is 0 Å². The van der Waals surface area contributed by atoms with Crippen LogP contribution >= 0.6 is 0 Å². The fourth-order valence-electron chi connectivity index (χ4n) is 1.22. The highest BCUT2D eigenvalue weighted by atomic mass is 16.2. The van der Waals surface area contributed by atoms with Gasteiger partial charge in [-0.2, -0.15) is 0 Å². The number of amides is 2. The zero-order valence-electron chi connectivity index (χ0n) is 14.3. The third kappa shape index (κ3) is 6.97. The lowest BCUT2D eigenvalue weighted by Gasteiger charge is -2.23. The van der Waals surface area contributed by atoms with E-state index in [0.717, 1.165) is 0 Å². The van der Waals surface area contributed by atoms with Gasteiger partial charge in [-0.1, -0.05) is 7.43 Å². The second-order valence-electron chi connectivity index (χ2n) is 6.36. The summed E-state index contributed by atoms with van der Waals surface area (Å²) in [4.78, 5) is 26.5. The van der Waals surface area contributed by atoms with Crippen LogP contribution in [-0.2, 0) is 9.59 Å². The lowest BCUT2D eigenvalue weighted by atomic mass is 10.1. The number of nitrogens with one attached hydrogen (secondary N) is 1. The lowest BCUT2D eigenvalue weighted by molar-refractivity contribution is -0.138. The number of nitrogens with two attached hydrogens (primary N) is 1. The Bertz CT molecular complexity index is 410. The first-order valence-electron chi connectivity index (χ1n) is 6.62. The molecule has 1 heterocycles. The first-order valence-corrected chi connectivity index (χ1v) is 6.62. The van der Waals surface area contributed by atoms with Gasteiger partial charge in [0.05, 0.1) is 5.54 Å². The van der Waals surface area contributed by atoms with Crippen molar-refractivity contribution in [3.05, 3.63) is 0 Å². The minimum Gasteiger partial charge on any atom is -0.318 e. The summed E-state index contributed by atoms with van der Waals surface area (Å²) in [6, 6.07) is 0. The van der Waals surface area contributed by atoms with Crippen molar-refractivity contribution >= 4 is 18.2 Å². The summed E-state index contributed by atoms with van der Waals surface area (Å²) >= 11 is 0. The Morgan fingerprint density at radius 3 is 1.91 bits per heavy atom. The Labute approximate surface area is 134 Å². The maximum absolute atomic E-state index is 11.4. The molecule has 22 heavy (non-hydrogen) atoms. The normalized spacial score (nSPS) is 16.3. The summed E-state index contributed by atoms with van der Waals surface area (Å²) in [5.41, 5.74) is 6.66. The molecule has 0 unspecified atom stereocenters. The summed E-state index contributed by atoms with van der Waals surface area (Å²) in [7, 11) is 7.10. The molecule has 0 aliphatic carbocycles. The number of hydrogen-bond donors (Lipinski definition) is 2. The quantitative estimate of drug-likeness (QED) is 0.718. The van der Waals surface area contributed by atoms with Crippen molar-refractivity contribution in [2.75, 3.05) is 28.2 Å². The number of aliphatic imine (C=N–C) groups is 1. The van der Waals surface area contributed by atoms with E-state index in [0.29, 0.717) is 0 Å². The van der Waals surface area contributed by atoms with Crippen LogP contribution < -0.4 is 11.2 Å². The van der Waals surface area contributed by atoms with Crippen molar-refractivity contribution in [2.24, 2.45) is 10.7 Å². The third-order valence-electron chi connectivity index (χ3n) is 2.56. The van der Waals surface area contributed by atoms with Gasteiger partial charge < -0.3 is 5.73 Å². The first-order chi connectivity index (χ1) is 9.29. The SMILES string of the molecule is C.CN(C)N1C=NC(C)(C)C1=O.CN(C)NC(=O)C(C)(C)N. The predicted molar refractivity (Wildman–Crippen MR) is 89.9 cm³/mol. The van der Waals surface area contributed by atoms with E-state index in [-0.39, 0.29) is 19.2 Å². The molecule has 2 amide bonds. The van der Waals surface area contributed by atoms with Crippen LogP contribution in [0.4, 0.5) is 0 Å². The highest BCUT2D eigenvalue weighted by Gasteiger charge is 2.36. The number of nitrogens with zero attached hydrogens (tertiary/aromatic N) is 4. The lowest BCUT2D eigenvalue weighted by Crippen LogP contribution is -2.52. The van der Waals surface area contributed by atoms with Gasteiger partial charge in [0.2, 0.25) is 0 Å². The summed E-state index contributed by atoms with van der Waals surface area (Å²) < 4.78 is 0. The van der Waals surface area contributed by atoms with Crippen LogP contribution in [0, 0.1) is 0 Å². The summed E-state index contributed by atoms with van der Waals surface area (Å²) in [5, 5.41) is 4.78. The van der Waals surface area contributed by atoms with Crippen molar-refractivity contribution < 1.29 is 9.59 Å². The highest BCUT2D eigenvalue weighted by molar-refractivity contribution is 5.98. The topological polar surface area (TPSA) is 94.3 Å². The summed E-state index contributed by atoms with van der Waals surface area (Å²) in [6.45, 7) is 6.92. The van der Waals surface area contributed by atoms with E-state index in [1.807, 2.05) is 14.1 Å². The number of carbonyl (C=O) groups excluding carboxylic acids is 2. The number of hydrazine groups is 2. The molecule has 0 radical (unpaired) electrons. The summed E-state index contributed by atoms with van der Waals surface area (Å²) in [6.07, 6.45) is 1.56. The molecule has 0 atom stereocenters. The molecule has 0 aromatic carbocycles. The van der Waals surface area contributed by atoms with E-state index in [4.69, 9.17) is 5.73 Å². The molecular formula is C14H32N6O2. The minimum atomic E-state index is -0.801. The molecule has 3 N–H and O–H groups in total. The maximum Gasteiger partial charge on any atom is 0.269 e. The number of hydrogen-bond acceptors (Lipinski definition) is 6. The van der Waals surface area contributed by atoms with Gasteiger partial charge in [0.25, 0.3) is 11.8 Å². The van der Waals surface area contributed by atoms with Crippen LogP contribution in [0.2, 0.25) is 0 Å². The fraction of sp³-hybridized carbons (Fsp3) is 0.786. The van der Waals surface area contributed by atoms with Crippen LogP contribution in [0.3, 0.4) is 0 Å². The molecule has 1 rings (SSSR count). The van der Waals surface area contributed by atoms with Gasteiger partial charge >= 0.3 is 0 Å². The van der Waals surface area contributed by atoms with Gasteiger partial charge in [0.1, 0.15) is 11.9 Å². The number of carbonyl (C=O) groups is 2. The molecule has 1 aliphatic rings. The molecule has 8 nitrogen and oxygen atoms in total. The largest absolute Gasteiger partial charge is 0.318 e. The minimum absolute atomic E-state index is 0. The summed E-state index contributed by atoms with van der Waals surface area (Å²) in [5.74, 6) is -0.167. The maximum atomic E-state index is 11.4. The van der Waals surface area contributed by atoms with Gasteiger partial charge in [-0.05, 0) is 27.7 Å². The van der Waals surface area contributed by atoms with Gasteiger partial charge in [-0.25, -0.2) is 15.0 Å². The third-order valence-corrected chi connectivity index (χ3v) is 2.56. The molecule has 0 bridgehead atoms. The molecule has 1 aliphatic heterocycles. The standard InChI is InChI=1S/C7H13N3O.C6H15N3O.CH4/c1-7(2)6(11)10(5-8-7)9(3)4;1-6(2,7)5(10)8-9(3)4;/h5H,1-4H3;7H2,1-4H3,(H,8,10);1H4. The van der Waals surface area contributed by atoms with E-state index in [2.05, 4.69) is 10.4 Å².